The van der Waals surface area contributed by atoms with Crippen LogP contribution < -0.4 is 4.74 Å². The van der Waals surface area contributed by atoms with Crippen LogP contribution >= 0.6 is 11.6 Å². The summed E-state index contributed by atoms with van der Waals surface area (Å²) < 4.78 is 33.8. The molecule has 7 heteroatoms. The normalized spacial score (nSPS) is 10.4. The summed E-state index contributed by atoms with van der Waals surface area (Å²) in [4.78, 5) is 23.2. The van der Waals surface area contributed by atoms with E-state index in [4.69, 9.17) is 16.3 Å². The van der Waals surface area contributed by atoms with Gasteiger partial charge in [0, 0.05) is 6.42 Å². The van der Waals surface area contributed by atoms with Crippen LogP contribution in [0.1, 0.15) is 22.8 Å². The zero-order chi connectivity index (χ0) is 15.1. The number of hydrogen-bond donors (Lipinski definition) is 0. The van der Waals surface area contributed by atoms with E-state index in [1.807, 2.05) is 0 Å². The number of esters is 1. The molecule has 0 saturated heterocycles. The number of ether oxygens (including phenoxy) is 2. The van der Waals surface area contributed by atoms with E-state index in [2.05, 4.69) is 4.74 Å². The number of alkyl halides is 3. The van der Waals surface area contributed by atoms with Crippen LogP contribution in [0.4, 0.5) is 8.78 Å². The fraction of sp³-hybridized carbons (Fsp3) is 0.385. The van der Waals surface area contributed by atoms with Gasteiger partial charge in [-0.3, -0.25) is 4.79 Å². The van der Waals surface area contributed by atoms with Gasteiger partial charge in [-0.1, -0.05) is 12.1 Å². The van der Waals surface area contributed by atoms with Crippen molar-refractivity contribution in [2.45, 2.75) is 20.0 Å². The first-order chi connectivity index (χ1) is 9.49. The molecule has 0 radical (unpaired) electrons. The maximum atomic E-state index is 12.3. The molecule has 0 atom stereocenters. The van der Waals surface area contributed by atoms with Crippen LogP contribution in [0.25, 0.3) is 0 Å². The molecule has 4 nitrogen and oxygen atoms in total. The van der Waals surface area contributed by atoms with Crippen LogP contribution in [0.5, 0.6) is 5.75 Å². The van der Waals surface area contributed by atoms with E-state index in [0.717, 1.165) is 0 Å². The summed E-state index contributed by atoms with van der Waals surface area (Å²) in [6.07, 6.45) is -0.155. The molecule has 0 aliphatic rings. The van der Waals surface area contributed by atoms with Gasteiger partial charge in [-0.25, -0.2) is 4.79 Å². The molecule has 0 heterocycles. The van der Waals surface area contributed by atoms with E-state index >= 15 is 0 Å². The van der Waals surface area contributed by atoms with Crippen molar-refractivity contribution in [3.05, 3.63) is 29.3 Å². The summed E-state index contributed by atoms with van der Waals surface area (Å²) in [5, 5.41) is 0. The third-order valence-corrected chi connectivity index (χ3v) is 2.64. The quantitative estimate of drug-likeness (QED) is 0.574. The maximum Gasteiger partial charge on any atom is 0.387 e. The molecule has 1 aromatic rings. The Labute approximate surface area is 119 Å². The van der Waals surface area contributed by atoms with Crippen molar-refractivity contribution >= 4 is 23.4 Å². The molecule has 0 N–H and O–H groups in total. The standard InChI is InChI=1S/C13H13ClF2O4/c1-2-19-12(18)11-8(6-9(17)7-14)4-3-5-10(11)20-13(15)16/h3-5,13H,2,6-7H2,1H3. The summed E-state index contributed by atoms with van der Waals surface area (Å²) in [5.41, 5.74) is 0.0698. The van der Waals surface area contributed by atoms with E-state index in [0.29, 0.717) is 0 Å². The predicted molar refractivity (Wildman–Crippen MR) is 68.5 cm³/mol. The second-order valence-electron chi connectivity index (χ2n) is 3.74. The fourth-order valence-corrected chi connectivity index (χ4v) is 1.71. The molecular weight excluding hydrogens is 294 g/mol. The van der Waals surface area contributed by atoms with Gasteiger partial charge in [0.15, 0.2) is 5.78 Å². The monoisotopic (exact) mass is 306 g/mol. The first-order valence-corrected chi connectivity index (χ1v) is 6.34. The van der Waals surface area contributed by atoms with Gasteiger partial charge < -0.3 is 9.47 Å². The first-order valence-electron chi connectivity index (χ1n) is 5.81. The smallest absolute Gasteiger partial charge is 0.387 e. The van der Waals surface area contributed by atoms with Crippen LogP contribution in [-0.2, 0) is 16.0 Å². The van der Waals surface area contributed by atoms with E-state index in [9.17, 15) is 18.4 Å². The van der Waals surface area contributed by atoms with Crippen LogP contribution in [-0.4, -0.2) is 30.9 Å². The number of halogens is 3. The molecule has 0 spiro atoms. The highest BCUT2D eigenvalue weighted by Gasteiger charge is 2.22. The van der Waals surface area contributed by atoms with Crippen molar-refractivity contribution in [2.24, 2.45) is 0 Å². The van der Waals surface area contributed by atoms with Crippen molar-refractivity contribution < 1.29 is 27.8 Å². The molecule has 0 fully saturated rings. The molecule has 0 amide bonds. The number of rotatable bonds is 7. The van der Waals surface area contributed by atoms with Crippen molar-refractivity contribution in [1.82, 2.24) is 0 Å². The van der Waals surface area contributed by atoms with Crippen LogP contribution in [0.3, 0.4) is 0 Å². The van der Waals surface area contributed by atoms with Crippen molar-refractivity contribution in [2.75, 3.05) is 12.5 Å². The van der Waals surface area contributed by atoms with Gasteiger partial charge in [0.25, 0.3) is 0 Å². The molecule has 0 aliphatic heterocycles. The van der Waals surface area contributed by atoms with E-state index in [1.54, 1.807) is 6.92 Å². The number of hydrogen-bond acceptors (Lipinski definition) is 4. The Morgan fingerprint density at radius 2 is 2.05 bits per heavy atom. The van der Waals surface area contributed by atoms with E-state index in [1.165, 1.54) is 18.2 Å². The predicted octanol–water partition coefficient (Wildman–Crippen LogP) is 2.82. The Morgan fingerprint density at radius 3 is 2.60 bits per heavy atom. The lowest BCUT2D eigenvalue weighted by Crippen LogP contribution is -2.15. The van der Waals surface area contributed by atoms with Crippen LogP contribution in [0.15, 0.2) is 18.2 Å². The summed E-state index contributed by atoms with van der Waals surface area (Å²) >= 11 is 5.40. The highest BCUT2D eigenvalue weighted by Crippen LogP contribution is 2.26. The number of ketones is 1. The fourth-order valence-electron chi connectivity index (χ4n) is 1.61. The minimum absolute atomic E-state index is 0.0741. The lowest BCUT2D eigenvalue weighted by molar-refractivity contribution is -0.116. The number of Topliss-reactive ketones (excluding diaryl/α,β-unsaturated/α-hetero) is 1. The second-order valence-corrected chi connectivity index (χ2v) is 4.01. The molecule has 0 aromatic heterocycles. The molecule has 110 valence electrons. The lowest BCUT2D eigenvalue weighted by atomic mass is 10.0. The van der Waals surface area contributed by atoms with Crippen molar-refractivity contribution in [1.29, 1.82) is 0 Å². The average molecular weight is 307 g/mol. The Kier molecular flexibility index (Phi) is 6.38. The van der Waals surface area contributed by atoms with Gasteiger partial charge in [-0.15, -0.1) is 11.6 Å². The van der Waals surface area contributed by atoms with E-state index in [-0.39, 0.29) is 41.6 Å². The van der Waals surface area contributed by atoms with Gasteiger partial charge in [0.2, 0.25) is 0 Å². The highest BCUT2D eigenvalue weighted by atomic mass is 35.5. The summed E-state index contributed by atoms with van der Waals surface area (Å²) in [6, 6.07) is 4.10. The Balaban J connectivity index is 3.20. The molecule has 0 aliphatic carbocycles. The third-order valence-electron chi connectivity index (χ3n) is 2.34. The SMILES string of the molecule is CCOC(=O)c1c(CC(=O)CCl)cccc1OC(F)F. The number of carbonyl (C=O) groups is 2. The van der Waals surface area contributed by atoms with Gasteiger partial charge >= 0.3 is 12.6 Å². The third kappa shape index (κ3) is 4.45. The molecule has 1 rings (SSSR count). The molecule has 0 saturated carbocycles. The summed E-state index contributed by atoms with van der Waals surface area (Å²) in [6.45, 7) is -1.43. The van der Waals surface area contributed by atoms with E-state index < -0.39 is 12.6 Å². The average Bonchev–Trinajstić information content (AvgIpc) is 2.38. The Hall–Kier alpha value is -1.69. The van der Waals surface area contributed by atoms with Gasteiger partial charge in [0.05, 0.1) is 12.5 Å². The van der Waals surface area contributed by atoms with Gasteiger partial charge in [-0.2, -0.15) is 8.78 Å². The van der Waals surface area contributed by atoms with Crippen LogP contribution in [0, 0.1) is 0 Å². The summed E-state index contributed by atoms with van der Waals surface area (Å²) in [5.74, 6) is -1.71. The van der Waals surface area contributed by atoms with Gasteiger partial charge in [-0.05, 0) is 18.6 Å². The summed E-state index contributed by atoms with van der Waals surface area (Å²) in [7, 11) is 0. The largest absolute Gasteiger partial charge is 0.462 e. The van der Waals surface area contributed by atoms with Crippen molar-refractivity contribution in [3.63, 3.8) is 0 Å². The Morgan fingerprint density at radius 1 is 1.35 bits per heavy atom. The number of carbonyl (C=O) groups excluding carboxylic acids is 2. The lowest BCUT2D eigenvalue weighted by Gasteiger charge is -2.13. The minimum atomic E-state index is -3.08. The first kappa shape index (κ1) is 16.4. The molecule has 0 unspecified atom stereocenters. The minimum Gasteiger partial charge on any atom is -0.462 e. The highest BCUT2D eigenvalue weighted by molar-refractivity contribution is 6.27. The van der Waals surface area contributed by atoms with Crippen molar-refractivity contribution in [3.8, 4) is 5.75 Å². The molecular formula is C13H13ClF2O4. The molecule has 20 heavy (non-hydrogen) atoms. The van der Waals surface area contributed by atoms with Crippen LogP contribution in [0.2, 0.25) is 0 Å². The molecule has 0 bridgehead atoms. The number of benzene rings is 1. The Bertz CT molecular complexity index is 491. The van der Waals surface area contributed by atoms with Gasteiger partial charge in [0.1, 0.15) is 11.3 Å². The second kappa shape index (κ2) is 7.79. The zero-order valence-corrected chi connectivity index (χ0v) is 11.5. The zero-order valence-electron chi connectivity index (χ0n) is 10.7. The maximum absolute atomic E-state index is 12.3. The molecule has 1 aromatic carbocycles. The topological polar surface area (TPSA) is 52.6 Å².